The molecule has 0 fully saturated rings. The number of carbonyl (C=O) groups is 2. The molecule has 0 radical (unpaired) electrons. The predicted octanol–water partition coefficient (Wildman–Crippen LogP) is 7.06. The predicted molar refractivity (Wildman–Crippen MR) is 148 cm³/mol. The normalized spacial score (nSPS) is 11.7. The maximum Gasteiger partial charge on any atom is 0.435 e. The van der Waals surface area contributed by atoms with E-state index in [0.717, 1.165) is 10.2 Å². The van der Waals surface area contributed by atoms with Gasteiger partial charge in [0.25, 0.3) is 0 Å². The summed E-state index contributed by atoms with van der Waals surface area (Å²) in [5, 5.41) is 4.67. The topological polar surface area (TPSA) is 75.4 Å². The Morgan fingerprint density at radius 3 is 2.50 bits per heavy atom. The van der Waals surface area contributed by atoms with Crippen LogP contribution in [0.15, 0.2) is 66.9 Å². The van der Waals surface area contributed by atoms with Gasteiger partial charge in [-0.3, -0.25) is 0 Å². The number of halogens is 2. The molecule has 5 aromatic rings. The molecule has 7 nitrogen and oxygen atoms in total. The highest BCUT2D eigenvalue weighted by Crippen LogP contribution is 2.39. The van der Waals surface area contributed by atoms with Crippen molar-refractivity contribution in [1.82, 2.24) is 14.3 Å². The summed E-state index contributed by atoms with van der Waals surface area (Å²) in [6.45, 7) is 5.53. The van der Waals surface area contributed by atoms with Crippen molar-refractivity contribution in [3.63, 3.8) is 0 Å². The van der Waals surface area contributed by atoms with Crippen molar-refractivity contribution in [2.75, 3.05) is 7.11 Å². The van der Waals surface area contributed by atoms with Crippen LogP contribution in [-0.4, -0.2) is 33.5 Å². The maximum absolute atomic E-state index is 16.6. The monoisotopic (exact) mass is 543 g/mol. The summed E-state index contributed by atoms with van der Waals surface area (Å²) in [5.74, 6) is -1.80. The van der Waals surface area contributed by atoms with E-state index in [2.05, 4.69) is 5.10 Å². The van der Waals surface area contributed by atoms with E-state index >= 15 is 4.39 Å². The molecule has 0 saturated heterocycles. The number of rotatable bonds is 6. The standard InChI is InChI=1S/C31H27F2N3O4/c1-18(2)29-23(11-13-26(37)39-4)27-25(35(29)22-10-12-24(32)19(3)14-22)15-21-16-34-36(30(21)28(27)33)31(38)40-17-20-8-6-5-7-9-20/h5-16,18H,17H2,1-4H3/b13-11+. The molecule has 0 aliphatic heterocycles. The van der Waals surface area contributed by atoms with Crippen LogP contribution in [0.1, 0.15) is 42.1 Å². The number of esters is 1. The third-order valence-corrected chi connectivity index (χ3v) is 6.71. The summed E-state index contributed by atoms with van der Waals surface area (Å²) in [6.07, 6.45) is 3.28. The Labute approximate surface area is 229 Å². The van der Waals surface area contributed by atoms with Crippen LogP contribution in [0.5, 0.6) is 0 Å². The zero-order valence-corrected chi connectivity index (χ0v) is 22.4. The fourth-order valence-corrected chi connectivity index (χ4v) is 4.87. The molecular weight excluding hydrogens is 516 g/mol. The Morgan fingerprint density at radius 2 is 1.82 bits per heavy atom. The molecular formula is C31H27F2N3O4. The Morgan fingerprint density at radius 1 is 1.07 bits per heavy atom. The van der Waals surface area contributed by atoms with Crippen LogP contribution in [0, 0.1) is 18.6 Å². The second kappa shape index (κ2) is 10.8. The van der Waals surface area contributed by atoms with Gasteiger partial charge in [-0.25, -0.2) is 18.4 Å². The number of hydrogen-bond donors (Lipinski definition) is 0. The molecule has 3 aromatic carbocycles. The third-order valence-electron chi connectivity index (χ3n) is 6.71. The van der Waals surface area contributed by atoms with E-state index in [1.54, 1.807) is 25.1 Å². The molecule has 0 aliphatic carbocycles. The molecule has 0 saturated carbocycles. The van der Waals surface area contributed by atoms with Gasteiger partial charge in [0.15, 0.2) is 5.82 Å². The first-order chi connectivity index (χ1) is 19.2. The summed E-state index contributed by atoms with van der Waals surface area (Å²) < 4.78 is 43.7. The van der Waals surface area contributed by atoms with E-state index in [1.807, 2.05) is 48.7 Å². The lowest BCUT2D eigenvalue weighted by atomic mass is 10.0. The molecule has 40 heavy (non-hydrogen) atoms. The number of nitrogens with zero attached hydrogens (tertiary/aromatic N) is 3. The van der Waals surface area contributed by atoms with Crippen molar-refractivity contribution in [1.29, 1.82) is 0 Å². The van der Waals surface area contributed by atoms with Gasteiger partial charge in [0.05, 0.1) is 18.8 Å². The van der Waals surface area contributed by atoms with Gasteiger partial charge < -0.3 is 14.0 Å². The molecule has 9 heteroatoms. The maximum atomic E-state index is 16.6. The Hall–Kier alpha value is -4.79. The first-order valence-electron chi connectivity index (χ1n) is 12.7. The van der Waals surface area contributed by atoms with Gasteiger partial charge in [-0.15, -0.1) is 0 Å². The van der Waals surface area contributed by atoms with Gasteiger partial charge in [-0.1, -0.05) is 44.2 Å². The van der Waals surface area contributed by atoms with Crippen LogP contribution in [0.25, 0.3) is 33.6 Å². The van der Waals surface area contributed by atoms with Crippen molar-refractivity contribution >= 4 is 39.9 Å². The average Bonchev–Trinajstić information content (AvgIpc) is 3.52. The summed E-state index contributed by atoms with van der Waals surface area (Å²) in [7, 11) is 1.25. The molecule has 5 rings (SSSR count). The lowest BCUT2D eigenvalue weighted by molar-refractivity contribution is -0.134. The highest BCUT2D eigenvalue weighted by atomic mass is 19.1. The summed E-state index contributed by atoms with van der Waals surface area (Å²) in [4.78, 5) is 25.0. The highest BCUT2D eigenvalue weighted by Gasteiger charge is 2.27. The zero-order chi connectivity index (χ0) is 28.6. The fourth-order valence-electron chi connectivity index (χ4n) is 4.87. The van der Waals surface area contributed by atoms with Gasteiger partial charge in [-0.05, 0) is 54.3 Å². The third kappa shape index (κ3) is 4.75. The van der Waals surface area contributed by atoms with Crippen LogP contribution in [0.4, 0.5) is 13.6 Å². The molecule has 2 heterocycles. The lowest BCUT2D eigenvalue weighted by Crippen LogP contribution is -2.15. The van der Waals surface area contributed by atoms with Gasteiger partial charge in [0, 0.05) is 33.8 Å². The van der Waals surface area contributed by atoms with Crippen LogP contribution < -0.4 is 0 Å². The Kier molecular flexibility index (Phi) is 7.21. The molecule has 0 bridgehead atoms. The molecule has 0 atom stereocenters. The van der Waals surface area contributed by atoms with Crippen LogP contribution in [0.3, 0.4) is 0 Å². The number of carbonyl (C=O) groups excluding carboxylic acids is 2. The second-order valence-corrected chi connectivity index (χ2v) is 9.70. The lowest BCUT2D eigenvalue weighted by Gasteiger charge is -2.15. The van der Waals surface area contributed by atoms with Crippen molar-refractivity contribution in [2.24, 2.45) is 0 Å². The average molecular weight is 544 g/mol. The number of ether oxygens (including phenoxy) is 2. The quantitative estimate of drug-likeness (QED) is 0.169. The minimum atomic E-state index is -0.832. The molecule has 0 N–H and O–H groups in total. The van der Waals surface area contributed by atoms with Crippen molar-refractivity contribution in [3.8, 4) is 5.69 Å². The molecule has 0 aliphatic rings. The number of fused-ring (bicyclic) bond motifs is 2. The first-order valence-corrected chi connectivity index (χ1v) is 12.7. The summed E-state index contributed by atoms with van der Waals surface area (Å²) in [6, 6.07) is 15.5. The largest absolute Gasteiger partial charge is 0.466 e. The van der Waals surface area contributed by atoms with Gasteiger partial charge in [0.2, 0.25) is 0 Å². The van der Waals surface area contributed by atoms with E-state index in [1.165, 1.54) is 31.5 Å². The minimum Gasteiger partial charge on any atom is -0.466 e. The van der Waals surface area contributed by atoms with E-state index in [4.69, 9.17) is 9.47 Å². The number of hydrogen-bond acceptors (Lipinski definition) is 5. The van der Waals surface area contributed by atoms with E-state index in [0.29, 0.717) is 33.4 Å². The SMILES string of the molecule is COC(=O)/C=C/c1c(C(C)C)n(-c2ccc(F)c(C)c2)c2cc3cnn(C(=O)OCc4ccccc4)c3c(F)c12. The molecule has 0 spiro atoms. The fraction of sp³-hybridized carbons (Fsp3) is 0.194. The number of benzene rings is 3. The zero-order valence-electron chi connectivity index (χ0n) is 22.4. The van der Waals surface area contributed by atoms with E-state index in [-0.39, 0.29) is 29.2 Å². The second-order valence-electron chi connectivity index (χ2n) is 9.70. The highest BCUT2D eigenvalue weighted by molar-refractivity contribution is 6.05. The smallest absolute Gasteiger partial charge is 0.435 e. The number of aryl methyl sites for hydroxylation is 1. The molecule has 0 amide bonds. The van der Waals surface area contributed by atoms with Crippen molar-refractivity contribution in [2.45, 2.75) is 33.3 Å². The van der Waals surface area contributed by atoms with E-state index < -0.39 is 17.9 Å². The van der Waals surface area contributed by atoms with Gasteiger partial charge in [0.1, 0.15) is 17.9 Å². The Bertz CT molecular complexity index is 1790. The van der Waals surface area contributed by atoms with Crippen LogP contribution >= 0.6 is 0 Å². The number of aromatic nitrogens is 3. The molecule has 204 valence electrons. The van der Waals surface area contributed by atoms with Crippen molar-refractivity contribution < 1.29 is 27.8 Å². The molecule has 2 aromatic heterocycles. The van der Waals surface area contributed by atoms with E-state index in [9.17, 15) is 14.0 Å². The van der Waals surface area contributed by atoms with Crippen molar-refractivity contribution in [3.05, 3.63) is 101 Å². The Balaban J connectivity index is 1.76. The summed E-state index contributed by atoms with van der Waals surface area (Å²) in [5.41, 5.74) is 3.37. The summed E-state index contributed by atoms with van der Waals surface area (Å²) >= 11 is 0. The first kappa shape index (κ1) is 26.8. The number of methoxy groups -OCH3 is 1. The minimum absolute atomic E-state index is 0.00417. The van der Waals surface area contributed by atoms with Crippen LogP contribution in [-0.2, 0) is 20.9 Å². The van der Waals surface area contributed by atoms with Gasteiger partial charge >= 0.3 is 12.1 Å². The van der Waals surface area contributed by atoms with Gasteiger partial charge in [-0.2, -0.15) is 9.78 Å². The molecule has 0 unspecified atom stereocenters. The van der Waals surface area contributed by atoms with Crippen LogP contribution in [0.2, 0.25) is 0 Å².